The van der Waals surface area contributed by atoms with Gasteiger partial charge in [-0.15, -0.1) is 0 Å². The molecule has 3 rings (SSSR count). The summed E-state index contributed by atoms with van der Waals surface area (Å²) in [5.41, 5.74) is 1.36. The van der Waals surface area contributed by atoms with Crippen LogP contribution in [0.2, 0.25) is 0 Å². The van der Waals surface area contributed by atoms with E-state index in [1.807, 2.05) is 31.2 Å². The molecular weight excluding hydrogens is 335 g/mol. The van der Waals surface area contributed by atoms with Crippen molar-refractivity contribution in [3.63, 3.8) is 0 Å². The molecule has 0 unspecified atom stereocenters. The number of anilines is 3. The molecule has 0 aliphatic heterocycles. The van der Waals surface area contributed by atoms with Crippen LogP contribution >= 0.6 is 0 Å². The summed E-state index contributed by atoms with van der Waals surface area (Å²) >= 11 is 0. The third-order valence-electron chi connectivity index (χ3n) is 3.42. The minimum Gasteiger partial charge on any atom is -0.492 e. The number of para-hydroxylation sites is 2. The Hall–Kier alpha value is -3.48. The minimum absolute atomic E-state index is 0.181. The molecule has 26 heavy (non-hydrogen) atoms. The second-order valence-corrected chi connectivity index (χ2v) is 5.28. The van der Waals surface area contributed by atoms with Gasteiger partial charge >= 0.3 is 0 Å². The van der Waals surface area contributed by atoms with Crippen LogP contribution in [0.15, 0.2) is 60.8 Å². The van der Waals surface area contributed by atoms with Crippen LogP contribution in [-0.2, 0) is 0 Å². The lowest BCUT2D eigenvalue weighted by molar-refractivity contribution is 0.102. The number of hydrogen-bond acceptors (Lipinski definition) is 5. The summed E-state index contributed by atoms with van der Waals surface area (Å²) in [5, 5.41) is 5.71. The Morgan fingerprint density at radius 1 is 1.12 bits per heavy atom. The quantitative estimate of drug-likeness (QED) is 0.701. The molecule has 0 aliphatic rings. The predicted molar refractivity (Wildman–Crippen MR) is 97.3 cm³/mol. The maximum atomic E-state index is 12.9. The normalized spacial score (nSPS) is 10.2. The summed E-state index contributed by atoms with van der Waals surface area (Å²) in [6.07, 6.45) is 1.48. The molecule has 1 heterocycles. The van der Waals surface area contributed by atoms with Gasteiger partial charge in [0.05, 0.1) is 12.3 Å². The van der Waals surface area contributed by atoms with Crippen molar-refractivity contribution in [3.8, 4) is 5.75 Å². The third kappa shape index (κ3) is 4.32. The molecule has 1 aromatic heterocycles. The molecule has 0 saturated carbocycles. The van der Waals surface area contributed by atoms with Gasteiger partial charge in [0, 0.05) is 11.9 Å². The van der Waals surface area contributed by atoms with E-state index in [0.29, 0.717) is 23.7 Å². The van der Waals surface area contributed by atoms with E-state index in [1.165, 1.54) is 36.5 Å². The molecule has 0 bridgehead atoms. The number of nitrogens with one attached hydrogen (secondary N) is 2. The van der Waals surface area contributed by atoms with Crippen LogP contribution in [0.4, 0.5) is 21.7 Å². The standard InChI is InChI=1S/C19H17FN4O2/c1-2-26-17-6-4-3-5-15(17)23-19-21-12-11-16(24-19)18(25)22-14-9-7-13(20)8-10-14/h3-12H,2H2,1H3,(H,22,25)(H,21,23,24). The maximum Gasteiger partial charge on any atom is 0.274 e. The number of benzene rings is 2. The largest absolute Gasteiger partial charge is 0.492 e. The predicted octanol–water partition coefficient (Wildman–Crippen LogP) is 4.01. The SMILES string of the molecule is CCOc1ccccc1Nc1nccc(C(=O)Nc2ccc(F)cc2)n1. The number of ether oxygens (including phenoxy) is 1. The fraction of sp³-hybridized carbons (Fsp3) is 0.105. The molecule has 3 aromatic rings. The number of nitrogens with zero attached hydrogens (tertiary/aromatic N) is 2. The molecule has 0 aliphatic carbocycles. The molecule has 7 heteroatoms. The van der Waals surface area contributed by atoms with Crippen molar-refractivity contribution in [2.75, 3.05) is 17.2 Å². The van der Waals surface area contributed by atoms with Crippen LogP contribution in [0, 0.1) is 5.82 Å². The lowest BCUT2D eigenvalue weighted by Crippen LogP contribution is -2.14. The summed E-state index contributed by atoms with van der Waals surface area (Å²) in [7, 11) is 0. The Bertz CT molecular complexity index is 900. The molecule has 0 saturated heterocycles. The van der Waals surface area contributed by atoms with Crippen molar-refractivity contribution in [3.05, 3.63) is 72.3 Å². The molecule has 1 amide bonds. The molecule has 2 N–H and O–H groups in total. The fourth-order valence-corrected chi connectivity index (χ4v) is 2.25. The molecule has 0 atom stereocenters. The number of amides is 1. The maximum absolute atomic E-state index is 12.9. The van der Waals surface area contributed by atoms with E-state index in [9.17, 15) is 9.18 Å². The Morgan fingerprint density at radius 2 is 1.88 bits per heavy atom. The highest BCUT2D eigenvalue weighted by atomic mass is 19.1. The molecule has 132 valence electrons. The van der Waals surface area contributed by atoms with Crippen molar-refractivity contribution < 1.29 is 13.9 Å². The van der Waals surface area contributed by atoms with Gasteiger partial charge in [0.1, 0.15) is 17.3 Å². The topological polar surface area (TPSA) is 76.1 Å². The molecular formula is C19H17FN4O2. The van der Waals surface area contributed by atoms with Crippen LogP contribution in [-0.4, -0.2) is 22.5 Å². The van der Waals surface area contributed by atoms with Crippen LogP contribution < -0.4 is 15.4 Å². The van der Waals surface area contributed by atoms with E-state index in [2.05, 4.69) is 20.6 Å². The van der Waals surface area contributed by atoms with Gasteiger partial charge in [-0.1, -0.05) is 12.1 Å². The number of carbonyl (C=O) groups excluding carboxylic acids is 1. The Balaban J connectivity index is 1.76. The Morgan fingerprint density at radius 3 is 2.65 bits per heavy atom. The highest BCUT2D eigenvalue weighted by Gasteiger charge is 2.11. The summed E-state index contributed by atoms with van der Waals surface area (Å²) in [4.78, 5) is 20.7. The van der Waals surface area contributed by atoms with Crippen molar-refractivity contribution in [1.82, 2.24) is 9.97 Å². The first-order valence-corrected chi connectivity index (χ1v) is 8.04. The lowest BCUT2D eigenvalue weighted by Gasteiger charge is -2.11. The van der Waals surface area contributed by atoms with Gasteiger partial charge < -0.3 is 15.4 Å². The lowest BCUT2D eigenvalue weighted by atomic mass is 10.3. The molecule has 0 radical (unpaired) electrons. The molecule has 6 nitrogen and oxygen atoms in total. The van der Waals surface area contributed by atoms with Crippen LogP contribution in [0.1, 0.15) is 17.4 Å². The number of hydrogen-bond donors (Lipinski definition) is 2. The summed E-state index contributed by atoms with van der Waals surface area (Å²) in [6.45, 7) is 2.42. The zero-order chi connectivity index (χ0) is 18.4. The van der Waals surface area contributed by atoms with Gasteiger partial charge in [-0.25, -0.2) is 14.4 Å². The van der Waals surface area contributed by atoms with E-state index in [-0.39, 0.29) is 17.5 Å². The number of aromatic nitrogens is 2. The second-order valence-electron chi connectivity index (χ2n) is 5.28. The molecule has 0 fully saturated rings. The van der Waals surface area contributed by atoms with Crippen molar-refractivity contribution in [2.45, 2.75) is 6.92 Å². The van der Waals surface area contributed by atoms with Gasteiger partial charge in [0.15, 0.2) is 0 Å². The van der Waals surface area contributed by atoms with Gasteiger partial charge in [0.25, 0.3) is 5.91 Å². The Kier molecular flexibility index (Phi) is 5.38. The van der Waals surface area contributed by atoms with E-state index in [1.54, 1.807) is 0 Å². The smallest absolute Gasteiger partial charge is 0.274 e. The average molecular weight is 352 g/mol. The first-order valence-electron chi connectivity index (χ1n) is 8.04. The van der Waals surface area contributed by atoms with Crippen LogP contribution in [0.3, 0.4) is 0 Å². The van der Waals surface area contributed by atoms with Crippen molar-refractivity contribution >= 4 is 23.2 Å². The molecule has 2 aromatic carbocycles. The van der Waals surface area contributed by atoms with Gasteiger partial charge in [-0.2, -0.15) is 0 Å². The van der Waals surface area contributed by atoms with E-state index < -0.39 is 5.91 Å². The number of carbonyl (C=O) groups is 1. The van der Waals surface area contributed by atoms with E-state index in [4.69, 9.17) is 4.74 Å². The van der Waals surface area contributed by atoms with E-state index in [0.717, 1.165) is 0 Å². The third-order valence-corrected chi connectivity index (χ3v) is 3.42. The highest BCUT2D eigenvalue weighted by molar-refractivity contribution is 6.02. The fourth-order valence-electron chi connectivity index (χ4n) is 2.25. The summed E-state index contributed by atoms with van der Waals surface area (Å²) < 4.78 is 18.5. The van der Waals surface area contributed by atoms with Gasteiger partial charge in [0.2, 0.25) is 5.95 Å². The number of halogens is 1. The highest BCUT2D eigenvalue weighted by Crippen LogP contribution is 2.26. The van der Waals surface area contributed by atoms with E-state index >= 15 is 0 Å². The molecule has 0 spiro atoms. The zero-order valence-electron chi connectivity index (χ0n) is 14.1. The summed E-state index contributed by atoms with van der Waals surface area (Å²) in [5.74, 6) is 0.147. The first kappa shape index (κ1) is 17.3. The van der Waals surface area contributed by atoms with Crippen molar-refractivity contribution in [2.24, 2.45) is 0 Å². The van der Waals surface area contributed by atoms with Crippen LogP contribution in [0.5, 0.6) is 5.75 Å². The monoisotopic (exact) mass is 352 g/mol. The van der Waals surface area contributed by atoms with Gasteiger partial charge in [-0.05, 0) is 49.4 Å². The summed E-state index contributed by atoms with van der Waals surface area (Å²) in [6, 6.07) is 14.4. The number of rotatable bonds is 6. The van der Waals surface area contributed by atoms with Crippen molar-refractivity contribution in [1.29, 1.82) is 0 Å². The first-order chi connectivity index (χ1) is 12.7. The Labute approximate surface area is 150 Å². The average Bonchev–Trinajstić information content (AvgIpc) is 2.66. The minimum atomic E-state index is -0.417. The van der Waals surface area contributed by atoms with Crippen LogP contribution in [0.25, 0.3) is 0 Å². The van der Waals surface area contributed by atoms with Gasteiger partial charge in [-0.3, -0.25) is 4.79 Å². The second kappa shape index (κ2) is 8.06. The zero-order valence-corrected chi connectivity index (χ0v) is 14.1.